The van der Waals surface area contributed by atoms with E-state index in [1.54, 1.807) is 10.9 Å². The Morgan fingerprint density at radius 2 is 1.89 bits per heavy atom. The molecular formula is C18H20F3N5O. The largest absolute Gasteiger partial charge is 0.401 e. The van der Waals surface area contributed by atoms with E-state index in [1.807, 2.05) is 44.2 Å². The standard InChI is InChI=1S/C18H20F3N5O/c1-13(2)9-24(11-18(19,20)21)12-26-17(27)16-14(8-22-26)10-25(23-16)15-6-4-3-5-7-15/h3-8,10,13H,9,11-12H2,1-2H3. The van der Waals surface area contributed by atoms with Crippen LogP contribution in [0.2, 0.25) is 0 Å². The number of nitrogens with zero attached hydrogens (tertiary/aromatic N) is 5. The predicted molar refractivity (Wildman–Crippen MR) is 95.6 cm³/mol. The van der Waals surface area contributed by atoms with E-state index in [0.29, 0.717) is 5.39 Å². The van der Waals surface area contributed by atoms with E-state index in [1.165, 1.54) is 11.1 Å². The third-order valence-electron chi connectivity index (χ3n) is 3.90. The number of aromatic nitrogens is 4. The number of halogens is 3. The van der Waals surface area contributed by atoms with Gasteiger partial charge in [-0.15, -0.1) is 0 Å². The molecular weight excluding hydrogens is 359 g/mol. The first-order valence-corrected chi connectivity index (χ1v) is 8.53. The molecule has 3 aromatic rings. The summed E-state index contributed by atoms with van der Waals surface area (Å²) in [6.07, 6.45) is -1.23. The monoisotopic (exact) mass is 379 g/mol. The fourth-order valence-electron chi connectivity index (χ4n) is 2.90. The van der Waals surface area contributed by atoms with Crippen LogP contribution in [0.15, 0.2) is 47.5 Å². The zero-order valence-electron chi connectivity index (χ0n) is 15.0. The van der Waals surface area contributed by atoms with Crippen molar-refractivity contribution >= 4 is 10.9 Å². The summed E-state index contributed by atoms with van der Waals surface area (Å²) in [5.41, 5.74) is 0.432. The Kier molecular flexibility index (Phi) is 5.31. The van der Waals surface area contributed by atoms with Crippen molar-refractivity contribution in [1.82, 2.24) is 24.5 Å². The first-order valence-electron chi connectivity index (χ1n) is 8.53. The zero-order chi connectivity index (χ0) is 19.6. The van der Waals surface area contributed by atoms with Crippen molar-refractivity contribution in [3.05, 3.63) is 53.1 Å². The predicted octanol–water partition coefficient (Wildman–Crippen LogP) is 3.06. The molecule has 0 N–H and O–H groups in total. The van der Waals surface area contributed by atoms with Crippen LogP contribution in [-0.2, 0) is 6.67 Å². The van der Waals surface area contributed by atoms with Gasteiger partial charge in [-0.05, 0) is 18.1 Å². The molecule has 0 aliphatic carbocycles. The van der Waals surface area contributed by atoms with Gasteiger partial charge in [0.25, 0.3) is 5.56 Å². The number of para-hydroxylation sites is 1. The van der Waals surface area contributed by atoms with Gasteiger partial charge in [-0.25, -0.2) is 9.36 Å². The summed E-state index contributed by atoms with van der Waals surface area (Å²) in [7, 11) is 0. The van der Waals surface area contributed by atoms with Crippen LogP contribution in [0.3, 0.4) is 0 Å². The smallest absolute Gasteiger partial charge is 0.275 e. The highest BCUT2D eigenvalue weighted by Gasteiger charge is 2.31. The van der Waals surface area contributed by atoms with Crippen LogP contribution in [0.4, 0.5) is 13.2 Å². The maximum atomic E-state index is 12.8. The van der Waals surface area contributed by atoms with E-state index in [-0.39, 0.29) is 24.6 Å². The van der Waals surface area contributed by atoms with E-state index in [2.05, 4.69) is 10.2 Å². The molecule has 0 aliphatic heterocycles. The molecule has 0 amide bonds. The average Bonchev–Trinajstić information content (AvgIpc) is 3.01. The number of rotatable bonds is 6. The van der Waals surface area contributed by atoms with E-state index < -0.39 is 18.3 Å². The second-order valence-electron chi connectivity index (χ2n) is 6.82. The van der Waals surface area contributed by atoms with Gasteiger partial charge in [0.2, 0.25) is 0 Å². The zero-order valence-corrected chi connectivity index (χ0v) is 15.0. The van der Waals surface area contributed by atoms with Gasteiger partial charge < -0.3 is 0 Å². The molecule has 9 heteroatoms. The Bertz CT molecular complexity index is 963. The van der Waals surface area contributed by atoms with Gasteiger partial charge in [0.05, 0.1) is 25.1 Å². The van der Waals surface area contributed by atoms with Crippen molar-refractivity contribution in [2.24, 2.45) is 5.92 Å². The van der Waals surface area contributed by atoms with E-state index >= 15 is 0 Å². The number of benzene rings is 1. The molecule has 0 spiro atoms. The highest BCUT2D eigenvalue weighted by atomic mass is 19.4. The lowest BCUT2D eigenvalue weighted by Crippen LogP contribution is -2.41. The summed E-state index contributed by atoms with van der Waals surface area (Å²) in [4.78, 5) is 13.8. The van der Waals surface area contributed by atoms with Crippen molar-refractivity contribution in [2.75, 3.05) is 13.1 Å². The third kappa shape index (κ3) is 4.73. The third-order valence-corrected chi connectivity index (χ3v) is 3.90. The Hall–Kier alpha value is -2.68. The second-order valence-corrected chi connectivity index (χ2v) is 6.82. The summed E-state index contributed by atoms with van der Waals surface area (Å²) in [5, 5.41) is 8.85. The molecule has 3 rings (SSSR count). The molecule has 0 fully saturated rings. The van der Waals surface area contributed by atoms with Gasteiger partial charge in [-0.1, -0.05) is 32.0 Å². The van der Waals surface area contributed by atoms with Crippen LogP contribution in [0.1, 0.15) is 13.8 Å². The number of hydrogen-bond donors (Lipinski definition) is 0. The molecule has 0 aliphatic rings. The quantitative estimate of drug-likeness (QED) is 0.661. The normalized spacial score (nSPS) is 12.4. The van der Waals surface area contributed by atoms with Crippen LogP contribution >= 0.6 is 0 Å². The van der Waals surface area contributed by atoms with Crippen LogP contribution < -0.4 is 5.56 Å². The number of hydrogen-bond acceptors (Lipinski definition) is 4. The average molecular weight is 379 g/mol. The molecule has 6 nitrogen and oxygen atoms in total. The van der Waals surface area contributed by atoms with Crippen molar-refractivity contribution in [2.45, 2.75) is 26.7 Å². The summed E-state index contributed by atoms with van der Waals surface area (Å²) in [5.74, 6) is 0.0177. The fourth-order valence-corrected chi connectivity index (χ4v) is 2.90. The molecule has 2 aromatic heterocycles. The van der Waals surface area contributed by atoms with E-state index in [4.69, 9.17) is 0 Å². The van der Waals surface area contributed by atoms with Crippen LogP contribution in [-0.4, -0.2) is 43.7 Å². The lowest BCUT2D eigenvalue weighted by molar-refractivity contribution is -0.151. The molecule has 1 aromatic carbocycles. The summed E-state index contributed by atoms with van der Waals surface area (Å²) >= 11 is 0. The fraction of sp³-hybridized carbons (Fsp3) is 0.389. The maximum Gasteiger partial charge on any atom is 0.401 e. The molecule has 0 unspecified atom stereocenters. The minimum atomic E-state index is -4.35. The molecule has 27 heavy (non-hydrogen) atoms. The van der Waals surface area contributed by atoms with Gasteiger partial charge in [0.1, 0.15) is 0 Å². The van der Waals surface area contributed by atoms with Crippen LogP contribution in [0.5, 0.6) is 0 Å². The highest BCUT2D eigenvalue weighted by molar-refractivity contribution is 5.76. The lowest BCUT2D eigenvalue weighted by Gasteiger charge is -2.25. The van der Waals surface area contributed by atoms with Crippen LogP contribution in [0.25, 0.3) is 16.6 Å². The van der Waals surface area contributed by atoms with Crippen LogP contribution in [0, 0.1) is 5.92 Å². The molecule has 144 valence electrons. The van der Waals surface area contributed by atoms with Gasteiger partial charge >= 0.3 is 6.18 Å². The Balaban J connectivity index is 1.92. The van der Waals surface area contributed by atoms with Gasteiger partial charge in [0.15, 0.2) is 5.52 Å². The Labute approximate surface area is 153 Å². The second kappa shape index (κ2) is 7.51. The maximum absolute atomic E-state index is 12.8. The van der Waals surface area contributed by atoms with Gasteiger partial charge in [-0.2, -0.15) is 23.4 Å². The van der Waals surface area contributed by atoms with Crippen molar-refractivity contribution < 1.29 is 13.2 Å². The van der Waals surface area contributed by atoms with Crippen molar-refractivity contribution in [3.8, 4) is 5.69 Å². The molecule has 0 atom stereocenters. The van der Waals surface area contributed by atoms with Gasteiger partial charge in [0, 0.05) is 18.1 Å². The number of fused-ring (bicyclic) bond motifs is 1. The van der Waals surface area contributed by atoms with E-state index in [9.17, 15) is 18.0 Å². The minimum absolute atomic E-state index is 0.0177. The molecule has 0 bridgehead atoms. The lowest BCUT2D eigenvalue weighted by atomic mass is 10.2. The molecule has 0 radical (unpaired) electrons. The summed E-state index contributed by atoms with van der Waals surface area (Å²) in [6.45, 7) is 2.50. The number of alkyl halides is 3. The minimum Gasteiger partial charge on any atom is -0.275 e. The Morgan fingerprint density at radius 3 is 2.52 bits per heavy atom. The molecule has 0 saturated heterocycles. The first kappa shape index (κ1) is 19.1. The summed E-state index contributed by atoms with van der Waals surface area (Å²) in [6, 6.07) is 9.24. The summed E-state index contributed by atoms with van der Waals surface area (Å²) < 4.78 is 41.1. The molecule has 0 saturated carbocycles. The van der Waals surface area contributed by atoms with Crippen molar-refractivity contribution in [1.29, 1.82) is 0 Å². The Morgan fingerprint density at radius 1 is 1.19 bits per heavy atom. The van der Waals surface area contributed by atoms with Crippen molar-refractivity contribution in [3.63, 3.8) is 0 Å². The first-order chi connectivity index (χ1) is 12.7. The topological polar surface area (TPSA) is 56.0 Å². The van der Waals surface area contributed by atoms with E-state index in [0.717, 1.165) is 10.4 Å². The molecule has 2 heterocycles. The van der Waals surface area contributed by atoms with Gasteiger partial charge in [-0.3, -0.25) is 9.69 Å². The highest BCUT2D eigenvalue weighted by Crippen LogP contribution is 2.18. The SMILES string of the molecule is CC(C)CN(Cn1ncc2cn(-c3ccccc3)nc2c1=O)CC(F)(F)F.